The minimum atomic E-state index is -0.464. The second-order valence-corrected chi connectivity index (χ2v) is 4.94. The van der Waals surface area contributed by atoms with E-state index < -0.39 is 11.9 Å². The Labute approximate surface area is 98.5 Å². The average Bonchev–Trinajstić information content (AvgIpc) is 2.27. The summed E-state index contributed by atoms with van der Waals surface area (Å²) in [6, 6.07) is -0.445. The first kappa shape index (κ1) is 12.6. The fourth-order valence-electron chi connectivity index (χ4n) is 1.39. The van der Waals surface area contributed by atoms with Crippen LogP contribution in [0.5, 0.6) is 0 Å². The Morgan fingerprint density at radius 1 is 1.33 bits per heavy atom. The lowest BCUT2D eigenvalue weighted by molar-refractivity contribution is -0.117. The molecule has 0 aromatic rings. The van der Waals surface area contributed by atoms with E-state index >= 15 is 0 Å². The van der Waals surface area contributed by atoms with Crippen LogP contribution in [0.4, 0.5) is 4.79 Å². The molecule has 6 heteroatoms. The summed E-state index contributed by atoms with van der Waals surface area (Å²) in [4.78, 5) is 21.9. The number of imide groups is 1. The van der Waals surface area contributed by atoms with Crippen molar-refractivity contribution in [3.63, 3.8) is 0 Å². The molecule has 0 bridgehead atoms. The van der Waals surface area contributed by atoms with Gasteiger partial charge in [0.05, 0.1) is 0 Å². The number of urea groups is 1. The molecule has 86 valence electrons. The zero-order chi connectivity index (χ0) is 11.1. The monoisotopic (exact) mass is 250 g/mol. The summed E-state index contributed by atoms with van der Waals surface area (Å²) >= 11 is 7.20. The highest BCUT2D eigenvalue weighted by molar-refractivity contribution is 7.99. The Morgan fingerprint density at radius 3 is 2.60 bits per heavy atom. The van der Waals surface area contributed by atoms with Crippen molar-refractivity contribution in [3.8, 4) is 0 Å². The lowest BCUT2D eigenvalue weighted by atomic mass is 10.0. The molecule has 1 aliphatic heterocycles. The molecular weight excluding hydrogens is 236 g/mol. The Hall–Kier alpha value is -0.420. The lowest BCUT2D eigenvalue weighted by Crippen LogP contribution is -2.42. The number of nitrogens with one attached hydrogen (secondary N) is 2. The second kappa shape index (κ2) is 6.95. The van der Waals surface area contributed by atoms with Gasteiger partial charge in [-0.25, -0.2) is 4.79 Å². The first-order valence-electron chi connectivity index (χ1n) is 4.93. The summed E-state index contributed by atoms with van der Waals surface area (Å²) in [5.41, 5.74) is 0. The molecular formula is C9H15ClN2O2S. The van der Waals surface area contributed by atoms with Gasteiger partial charge in [-0.05, 0) is 30.3 Å². The predicted octanol–water partition coefficient (Wildman–Crippen LogP) is 1.19. The smallest absolute Gasteiger partial charge is 0.321 e. The molecule has 1 aliphatic rings. The average molecular weight is 251 g/mol. The van der Waals surface area contributed by atoms with Gasteiger partial charge in [-0.15, -0.1) is 11.6 Å². The molecule has 0 unspecified atom stereocenters. The molecule has 3 amide bonds. The van der Waals surface area contributed by atoms with E-state index in [1.165, 1.54) is 0 Å². The predicted molar refractivity (Wildman–Crippen MR) is 62.3 cm³/mol. The van der Waals surface area contributed by atoms with E-state index in [1.54, 1.807) is 0 Å². The molecule has 1 saturated heterocycles. The number of carbonyl (C=O) groups excluding carboxylic acids is 2. The first-order valence-corrected chi connectivity index (χ1v) is 6.62. The van der Waals surface area contributed by atoms with Gasteiger partial charge in [0, 0.05) is 6.54 Å². The van der Waals surface area contributed by atoms with E-state index in [1.807, 2.05) is 11.8 Å². The topological polar surface area (TPSA) is 58.2 Å². The van der Waals surface area contributed by atoms with Crippen molar-refractivity contribution in [2.45, 2.75) is 12.8 Å². The molecule has 1 heterocycles. The third kappa shape index (κ3) is 5.28. The highest BCUT2D eigenvalue weighted by Crippen LogP contribution is 2.21. The summed E-state index contributed by atoms with van der Waals surface area (Å²) < 4.78 is 0. The van der Waals surface area contributed by atoms with Crippen LogP contribution in [0.1, 0.15) is 12.8 Å². The van der Waals surface area contributed by atoms with Crippen LogP contribution in [-0.4, -0.2) is 35.9 Å². The van der Waals surface area contributed by atoms with E-state index in [4.69, 9.17) is 11.6 Å². The number of amides is 3. The van der Waals surface area contributed by atoms with Crippen molar-refractivity contribution in [3.05, 3.63) is 0 Å². The fraction of sp³-hybridized carbons (Fsp3) is 0.778. The second-order valence-electron chi connectivity index (χ2n) is 3.45. The van der Waals surface area contributed by atoms with Crippen LogP contribution in [0.3, 0.4) is 0 Å². The molecule has 15 heavy (non-hydrogen) atoms. The number of carbonyl (C=O) groups is 2. The summed E-state index contributed by atoms with van der Waals surface area (Å²) in [6.07, 6.45) is 2.27. The zero-order valence-corrected chi connectivity index (χ0v) is 10.00. The van der Waals surface area contributed by atoms with Gasteiger partial charge < -0.3 is 5.32 Å². The van der Waals surface area contributed by atoms with Crippen molar-refractivity contribution >= 4 is 35.3 Å². The molecule has 0 aromatic heterocycles. The summed E-state index contributed by atoms with van der Waals surface area (Å²) in [6.45, 7) is 0.641. The van der Waals surface area contributed by atoms with Crippen molar-refractivity contribution in [1.29, 1.82) is 0 Å². The van der Waals surface area contributed by atoms with Gasteiger partial charge in [-0.1, -0.05) is 0 Å². The zero-order valence-electron chi connectivity index (χ0n) is 8.42. The Bertz CT molecular complexity index is 232. The quantitative estimate of drug-likeness (QED) is 0.740. The third-order valence-electron chi connectivity index (χ3n) is 2.27. The molecule has 0 aromatic carbocycles. The Kier molecular flexibility index (Phi) is 5.86. The van der Waals surface area contributed by atoms with Crippen LogP contribution in [0.15, 0.2) is 0 Å². The van der Waals surface area contributed by atoms with Gasteiger partial charge in [0.1, 0.15) is 5.88 Å². The molecule has 0 atom stereocenters. The van der Waals surface area contributed by atoms with Crippen LogP contribution in [0.2, 0.25) is 0 Å². The van der Waals surface area contributed by atoms with Crippen molar-refractivity contribution < 1.29 is 9.59 Å². The van der Waals surface area contributed by atoms with Crippen molar-refractivity contribution in [2.75, 3.05) is 23.9 Å². The van der Waals surface area contributed by atoms with Gasteiger partial charge >= 0.3 is 6.03 Å². The van der Waals surface area contributed by atoms with E-state index in [0.717, 1.165) is 24.3 Å². The highest BCUT2D eigenvalue weighted by atomic mass is 35.5. The minimum absolute atomic E-state index is 0.187. The van der Waals surface area contributed by atoms with Crippen LogP contribution < -0.4 is 10.6 Å². The Morgan fingerprint density at radius 2 is 2.00 bits per heavy atom. The van der Waals surface area contributed by atoms with Gasteiger partial charge in [0.2, 0.25) is 5.91 Å². The van der Waals surface area contributed by atoms with Crippen LogP contribution in [0, 0.1) is 5.92 Å². The molecule has 0 radical (unpaired) electrons. The van der Waals surface area contributed by atoms with Gasteiger partial charge in [-0.3, -0.25) is 10.1 Å². The largest absolute Gasteiger partial charge is 0.338 e. The third-order valence-corrected chi connectivity index (χ3v) is 3.56. The van der Waals surface area contributed by atoms with Gasteiger partial charge in [0.15, 0.2) is 0 Å². The van der Waals surface area contributed by atoms with E-state index in [2.05, 4.69) is 10.6 Å². The molecule has 0 aliphatic carbocycles. The molecule has 0 saturated carbocycles. The van der Waals surface area contributed by atoms with Crippen LogP contribution >= 0.6 is 23.4 Å². The maximum atomic E-state index is 11.1. The molecule has 0 spiro atoms. The summed E-state index contributed by atoms with van der Waals surface area (Å²) in [7, 11) is 0. The number of hydrogen-bond acceptors (Lipinski definition) is 3. The lowest BCUT2D eigenvalue weighted by Gasteiger charge is -2.21. The summed E-state index contributed by atoms with van der Waals surface area (Å²) in [5.74, 6) is 2.22. The number of rotatable bonds is 3. The normalized spacial score (nSPS) is 17.1. The number of halogens is 1. The number of hydrogen-bond donors (Lipinski definition) is 2. The van der Waals surface area contributed by atoms with E-state index in [9.17, 15) is 9.59 Å². The van der Waals surface area contributed by atoms with Crippen molar-refractivity contribution in [1.82, 2.24) is 10.6 Å². The van der Waals surface area contributed by atoms with Gasteiger partial charge in [0.25, 0.3) is 0 Å². The summed E-state index contributed by atoms with van der Waals surface area (Å²) in [5, 5.41) is 4.82. The number of alkyl halides is 1. The van der Waals surface area contributed by atoms with Crippen LogP contribution in [-0.2, 0) is 4.79 Å². The molecule has 2 N–H and O–H groups in total. The first-order chi connectivity index (χ1) is 7.22. The van der Waals surface area contributed by atoms with Crippen LogP contribution in [0.25, 0.3) is 0 Å². The maximum Gasteiger partial charge on any atom is 0.321 e. The standard InChI is InChI=1S/C9H15ClN2O2S/c10-5-8(13)12-9(14)11-6-7-1-3-15-4-2-7/h7H,1-6H2,(H2,11,12,13,14). The fourth-order valence-corrected chi connectivity index (χ4v) is 2.66. The SMILES string of the molecule is O=C(CCl)NC(=O)NCC1CCSCC1. The van der Waals surface area contributed by atoms with E-state index in [-0.39, 0.29) is 5.88 Å². The number of thioether (sulfide) groups is 1. The van der Waals surface area contributed by atoms with Gasteiger partial charge in [-0.2, -0.15) is 11.8 Å². The van der Waals surface area contributed by atoms with E-state index in [0.29, 0.717) is 12.5 Å². The minimum Gasteiger partial charge on any atom is -0.338 e. The Balaban J connectivity index is 2.12. The molecule has 1 fully saturated rings. The van der Waals surface area contributed by atoms with Crippen molar-refractivity contribution in [2.24, 2.45) is 5.92 Å². The highest BCUT2D eigenvalue weighted by Gasteiger charge is 2.14. The molecule has 1 rings (SSSR count). The molecule has 4 nitrogen and oxygen atoms in total. The maximum absolute atomic E-state index is 11.1.